The van der Waals surface area contributed by atoms with Gasteiger partial charge in [-0.25, -0.2) is 9.37 Å². The first-order valence-corrected chi connectivity index (χ1v) is 8.24. The second-order valence-corrected chi connectivity index (χ2v) is 7.04. The molecule has 0 saturated heterocycles. The molecular formula is C17H23FN2S. The highest BCUT2D eigenvalue weighted by molar-refractivity contribution is 7.11. The molecule has 0 spiro atoms. The van der Waals surface area contributed by atoms with Gasteiger partial charge in [0.15, 0.2) is 0 Å². The fourth-order valence-electron chi connectivity index (χ4n) is 2.17. The molecule has 2 aromatic rings. The maximum absolute atomic E-state index is 13.8. The average Bonchev–Trinajstić information content (AvgIpc) is 2.82. The van der Waals surface area contributed by atoms with E-state index >= 15 is 0 Å². The zero-order valence-electron chi connectivity index (χ0n) is 13.1. The first-order valence-electron chi connectivity index (χ1n) is 7.42. The van der Waals surface area contributed by atoms with Gasteiger partial charge in [0.1, 0.15) is 5.82 Å². The summed E-state index contributed by atoms with van der Waals surface area (Å²) >= 11 is 1.69. The maximum Gasteiger partial charge on any atom is 0.126 e. The van der Waals surface area contributed by atoms with Gasteiger partial charge in [-0.05, 0) is 17.5 Å². The lowest BCUT2D eigenvalue weighted by Crippen LogP contribution is -2.22. The largest absolute Gasteiger partial charge is 0.310 e. The van der Waals surface area contributed by atoms with Gasteiger partial charge >= 0.3 is 0 Å². The minimum atomic E-state index is -0.152. The predicted octanol–water partition coefficient (Wildman–Crippen LogP) is 4.49. The fraction of sp³-hybridized carbons (Fsp3) is 0.471. The summed E-state index contributed by atoms with van der Waals surface area (Å²) in [6.45, 7) is 9.41. The smallest absolute Gasteiger partial charge is 0.126 e. The van der Waals surface area contributed by atoms with Crippen LogP contribution in [0.25, 0.3) is 0 Å². The molecule has 1 aromatic carbocycles. The summed E-state index contributed by atoms with van der Waals surface area (Å²) in [5.41, 5.74) is 1.85. The number of hydrogen-bond acceptors (Lipinski definition) is 3. The van der Waals surface area contributed by atoms with Gasteiger partial charge in [0.25, 0.3) is 0 Å². The van der Waals surface area contributed by atoms with Crippen molar-refractivity contribution >= 4 is 11.3 Å². The van der Waals surface area contributed by atoms with E-state index in [0.717, 1.165) is 17.2 Å². The van der Waals surface area contributed by atoms with E-state index in [1.165, 1.54) is 10.9 Å². The lowest BCUT2D eigenvalue weighted by molar-refractivity contribution is 0.588. The second-order valence-electron chi connectivity index (χ2n) is 5.87. The van der Waals surface area contributed by atoms with E-state index < -0.39 is 0 Å². The molecule has 0 radical (unpaired) electrons. The molecule has 0 fully saturated rings. The highest BCUT2D eigenvalue weighted by Gasteiger charge is 2.15. The van der Waals surface area contributed by atoms with Crippen LogP contribution < -0.4 is 5.32 Å². The summed E-state index contributed by atoms with van der Waals surface area (Å²) in [7, 11) is 0. The SMILES string of the molecule is CC(C)NCc1sc(Cc2ccccc2F)nc1C(C)C. The summed E-state index contributed by atoms with van der Waals surface area (Å²) in [5.74, 6) is 0.236. The normalized spacial score (nSPS) is 11.6. The highest BCUT2D eigenvalue weighted by Crippen LogP contribution is 2.27. The second kappa shape index (κ2) is 7.14. The molecular weight excluding hydrogens is 283 g/mol. The monoisotopic (exact) mass is 306 g/mol. The van der Waals surface area contributed by atoms with Gasteiger partial charge in [0, 0.05) is 23.9 Å². The summed E-state index contributed by atoms with van der Waals surface area (Å²) < 4.78 is 13.8. The van der Waals surface area contributed by atoms with Crippen molar-refractivity contribution in [2.75, 3.05) is 0 Å². The van der Waals surface area contributed by atoms with Crippen molar-refractivity contribution in [1.29, 1.82) is 0 Å². The zero-order chi connectivity index (χ0) is 15.4. The standard InChI is InChI=1S/C17H23FN2S/c1-11(2)17-15(10-19-12(3)4)21-16(20-17)9-13-7-5-6-8-14(13)18/h5-8,11-12,19H,9-10H2,1-4H3. The van der Waals surface area contributed by atoms with Crippen molar-refractivity contribution in [3.8, 4) is 0 Å². The number of hydrogen-bond donors (Lipinski definition) is 1. The molecule has 0 unspecified atom stereocenters. The summed E-state index contributed by atoms with van der Waals surface area (Å²) in [6.07, 6.45) is 0.568. The Balaban J connectivity index is 2.21. The van der Waals surface area contributed by atoms with E-state index in [1.807, 2.05) is 12.1 Å². The minimum Gasteiger partial charge on any atom is -0.310 e. The number of nitrogens with zero attached hydrogens (tertiary/aromatic N) is 1. The van der Waals surface area contributed by atoms with Crippen LogP contribution in [0, 0.1) is 5.82 Å². The van der Waals surface area contributed by atoms with Crippen molar-refractivity contribution < 1.29 is 4.39 Å². The third kappa shape index (κ3) is 4.35. The van der Waals surface area contributed by atoms with Crippen LogP contribution >= 0.6 is 11.3 Å². The lowest BCUT2D eigenvalue weighted by Gasteiger charge is -2.09. The minimum absolute atomic E-state index is 0.152. The molecule has 4 heteroatoms. The van der Waals surface area contributed by atoms with Crippen LogP contribution in [0.1, 0.15) is 54.8 Å². The summed E-state index contributed by atoms with van der Waals surface area (Å²) in [6, 6.07) is 7.38. The van der Waals surface area contributed by atoms with Crippen molar-refractivity contribution in [1.82, 2.24) is 10.3 Å². The number of aromatic nitrogens is 1. The number of nitrogens with one attached hydrogen (secondary N) is 1. The number of thiazole rings is 1. The molecule has 0 bridgehead atoms. The van der Waals surface area contributed by atoms with Gasteiger partial charge in [-0.2, -0.15) is 0 Å². The Morgan fingerprint density at radius 1 is 1.19 bits per heavy atom. The topological polar surface area (TPSA) is 24.9 Å². The number of benzene rings is 1. The molecule has 1 heterocycles. The summed E-state index contributed by atoms with van der Waals surface area (Å²) in [5, 5.41) is 4.43. The van der Waals surface area contributed by atoms with Crippen molar-refractivity contribution in [2.24, 2.45) is 0 Å². The first-order chi connectivity index (χ1) is 9.97. The highest BCUT2D eigenvalue weighted by atomic mass is 32.1. The Bertz CT molecular complexity index is 590. The molecule has 21 heavy (non-hydrogen) atoms. The van der Waals surface area contributed by atoms with E-state index in [-0.39, 0.29) is 5.82 Å². The van der Waals surface area contributed by atoms with Crippen LogP contribution in [0.3, 0.4) is 0 Å². The van der Waals surface area contributed by atoms with E-state index in [2.05, 4.69) is 33.0 Å². The molecule has 114 valence electrons. The Morgan fingerprint density at radius 2 is 1.90 bits per heavy atom. The van der Waals surface area contributed by atoms with E-state index in [0.29, 0.717) is 23.9 Å². The van der Waals surface area contributed by atoms with E-state index in [4.69, 9.17) is 4.98 Å². The molecule has 1 N–H and O–H groups in total. The van der Waals surface area contributed by atoms with Crippen molar-refractivity contribution in [3.63, 3.8) is 0 Å². The molecule has 0 aliphatic carbocycles. The van der Waals surface area contributed by atoms with Gasteiger partial charge < -0.3 is 5.32 Å². The molecule has 1 aromatic heterocycles. The Morgan fingerprint density at radius 3 is 2.52 bits per heavy atom. The molecule has 2 rings (SSSR count). The zero-order valence-corrected chi connectivity index (χ0v) is 13.9. The van der Waals surface area contributed by atoms with Crippen molar-refractivity contribution in [2.45, 2.75) is 52.6 Å². The Kier molecular flexibility index (Phi) is 5.48. The van der Waals surface area contributed by atoms with Gasteiger partial charge in [0.05, 0.1) is 10.7 Å². The molecule has 0 aliphatic rings. The van der Waals surface area contributed by atoms with Crippen LogP contribution in [-0.4, -0.2) is 11.0 Å². The lowest BCUT2D eigenvalue weighted by atomic mass is 10.1. The van der Waals surface area contributed by atoms with Crippen LogP contribution in [0.15, 0.2) is 24.3 Å². The van der Waals surface area contributed by atoms with Gasteiger partial charge in [0.2, 0.25) is 0 Å². The van der Waals surface area contributed by atoms with E-state index in [1.54, 1.807) is 17.4 Å². The van der Waals surface area contributed by atoms with Crippen molar-refractivity contribution in [3.05, 3.63) is 51.2 Å². The Labute approximate surface area is 130 Å². The van der Waals surface area contributed by atoms with Gasteiger partial charge in [-0.3, -0.25) is 0 Å². The quantitative estimate of drug-likeness (QED) is 0.850. The maximum atomic E-state index is 13.8. The first kappa shape index (κ1) is 16.1. The summed E-state index contributed by atoms with van der Waals surface area (Å²) in [4.78, 5) is 6.00. The van der Waals surface area contributed by atoms with Crippen LogP contribution in [0.4, 0.5) is 4.39 Å². The predicted molar refractivity (Wildman–Crippen MR) is 87.4 cm³/mol. The molecule has 0 amide bonds. The average molecular weight is 306 g/mol. The van der Waals surface area contributed by atoms with Crippen LogP contribution in [0.2, 0.25) is 0 Å². The number of halogens is 1. The van der Waals surface area contributed by atoms with E-state index in [9.17, 15) is 4.39 Å². The molecule has 2 nitrogen and oxygen atoms in total. The van der Waals surface area contributed by atoms with Gasteiger partial charge in [-0.15, -0.1) is 11.3 Å². The molecule has 0 atom stereocenters. The number of rotatable bonds is 6. The van der Waals surface area contributed by atoms with Crippen LogP contribution in [0.5, 0.6) is 0 Å². The van der Waals surface area contributed by atoms with Gasteiger partial charge in [-0.1, -0.05) is 45.9 Å². The third-order valence-corrected chi connectivity index (χ3v) is 4.36. The fourth-order valence-corrected chi connectivity index (χ4v) is 3.37. The third-order valence-electron chi connectivity index (χ3n) is 3.29. The van der Waals surface area contributed by atoms with Crippen LogP contribution in [-0.2, 0) is 13.0 Å². The molecule has 0 saturated carbocycles. The Hall–Kier alpha value is -1.26. The molecule has 0 aliphatic heterocycles.